The lowest BCUT2D eigenvalue weighted by atomic mass is 10.1. The van der Waals surface area contributed by atoms with E-state index in [1.165, 1.54) is 32.1 Å². The Morgan fingerprint density at radius 3 is 0.914 bits per heavy atom. The van der Waals surface area contributed by atoms with E-state index in [1.54, 1.807) is 0 Å². The summed E-state index contributed by atoms with van der Waals surface area (Å²) in [7, 11) is 0. The van der Waals surface area contributed by atoms with Crippen molar-refractivity contribution in [3.05, 3.63) is 0 Å². The Labute approximate surface area is 212 Å². The highest BCUT2D eigenvalue weighted by Gasteiger charge is 2.14. The molecule has 0 aliphatic heterocycles. The van der Waals surface area contributed by atoms with E-state index in [0.29, 0.717) is 119 Å². The molecule has 35 heavy (non-hydrogen) atoms. The third-order valence-electron chi connectivity index (χ3n) is 5.38. The first kappa shape index (κ1) is 32.6. The van der Waals surface area contributed by atoms with Crippen LogP contribution in [-0.2, 0) is 42.6 Å². The van der Waals surface area contributed by atoms with Crippen molar-refractivity contribution in [1.29, 1.82) is 0 Å². The molecule has 0 spiro atoms. The molecule has 0 radical (unpaired) electrons. The Morgan fingerprint density at radius 2 is 0.629 bits per heavy atom. The van der Waals surface area contributed by atoms with Gasteiger partial charge in [0.25, 0.3) is 0 Å². The molecule has 0 aromatic carbocycles. The predicted octanol–water partition coefficient (Wildman–Crippen LogP) is 1.67. The lowest BCUT2D eigenvalue weighted by molar-refractivity contribution is -0.0250. The van der Waals surface area contributed by atoms with Crippen molar-refractivity contribution >= 4 is 0 Å². The van der Waals surface area contributed by atoms with E-state index >= 15 is 0 Å². The monoisotopic (exact) mass is 509 g/mol. The molecule has 1 saturated carbocycles. The van der Waals surface area contributed by atoms with Gasteiger partial charge in [0.15, 0.2) is 0 Å². The third kappa shape index (κ3) is 25.0. The van der Waals surface area contributed by atoms with Crippen molar-refractivity contribution in [2.75, 3.05) is 125 Å². The Hall–Kier alpha value is -0.400. The Bertz CT molecular complexity index is 401. The number of rotatable bonds is 29. The summed E-state index contributed by atoms with van der Waals surface area (Å²) < 4.78 is 49.0. The molecule has 0 saturated heterocycles. The van der Waals surface area contributed by atoms with Crippen LogP contribution in [-0.4, -0.2) is 125 Å². The molecule has 2 N–H and O–H groups in total. The first-order valence-corrected chi connectivity index (χ1v) is 13.3. The summed E-state index contributed by atoms with van der Waals surface area (Å²) in [4.78, 5) is 0. The van der Waals surface area contributed by atoms with Gasteiger partial charge in [0.05, 0.1) is 112 Å². The number of hydrogen-bond acceptors (Lipinski definition) is 10. The normalized spacial score (nSPS) is 14.3. The average molecular weight is 510 g/mol. The molecular formula is C25H51NO9. The smallest absolute Gasteiger partial charge is 0.0701 e. The SMILES string of the molecule is NCCOCCOCCOCCOCCOCCOCCOCCOCCOCCC1CCCC1. The second-order valence-corrected chi connectivity index (χ2v) is 8.24. The van der Waals surface area contributed by atoms with Crippen molar-refractivity contribution in [1.82, 2.24) is 0 Å². The summed E-state index contributed by atoms with van der Waals surface area (Å²) >= 11 is 0. The lowest BCUT2D eigenvalue weighted by Crippen LogP contribution is -2.15. The van der Waals surface area contributed by atoms with Gasteiger partial charge in [0.1, 0.15) is 0 Å². The fourth-order valence-electron chi connectivity index (χ4n) is 3.49. The number of nitrogens with two attached hydrogens (primary N) is 1. The zero-order valence-electron chi connectivity index (χ0n) is 21.8. The second-order valence-electron chi connectivity index (χ2n) is 8.24. The van der Waals surface area contributed by atoms with Gasteiger partial charge in [-0.2, -0.15) is 0 Å². The average Bonchev–Trinajstić information content (AvgIpc) is 3.39. The Morgan fingerprint density at radius 1 is 0.371 bits per heavy atom. The minimum atomic E-state index is 0.533. The van der Waals surface area contributed by atoms with Crippen LogP contribution in [0.25, 0.3) is 0 Å². The van der Waals surface area contributed by atoms with Crippen LogP contribution in [0.4, 0.5) is 0 Å². The fourth-order valence-corrected chi connectivity index (χ4v) is 3.49. The molecule has 0 unspecified atom stereocenters. The second kappa shape index (κ2) is 28.2. The maximum Gasteiger partial charge on any atom is 0.0701 e. The van der Waals surface area contributed by atoms with E-state index in [9.17, 15) is 0 Å². The first-order chi connectivity index (χ1) is 17.4. The quantitative estimate of drug-likeness (QED) is 0.150. The molecule has 10 heteroatoms. The van der Waals surface area contributed by atoms with Crippen LogP contribution < -0.4 is 5.73 Å². The number of ether oxygens (including phenoxy) is 9. The van der Waals surface area contributed by atoms with Crippen LogP contribution in [0.3, 0.4) is 0 Å². The maximum atomic E-state index is 5.63. The largest absolute Gasteiger partial charge is 0.379 e. The summed E-state index contributed by atoms with van der Waals surface area (Å²) in [6.45, 7) is 10.9. The first-order valence-electron chi connectivity index (χ1n) is 13.3. The van der Waals surface area contributed by atoms with Crippen LogP contribution in [0.1, 0.15) is 32.1 Å². The van der Waals surface area contributed by atoms with Gasteiger partial charge in [0.2, 0.25) is 0 Å². The topological polar surface area (TPSA) is 109 Å². The standard InChI is InChI=1S/C25H51NO9/c26-6-8-28-10-12-30-14-16-32-18-20-34-22-24-35-23-21-33-19-17-31-15-13-29-11-9-27-7-5-25-3-1-2-4-25/h25H,1-24,26H2. The highest BCUT2D eigenvalue weighted by atomic mass is 16.6. The molecule has 0 aromatic rings. The number of hydrogen-bond donors (Lipinski definition) is 1. The molecule has 10 nitrogen and oxygen atoms in total. The van der Waals surface area contributed by atoms with Gasteiger partial charge in [-0.3, -0.25) is 0 Å². The van der Waals surface area contributed by atoms with Gasteiger partial charge in [-0.25, -0.2) is 0 Å². The minimum absolute atomic E-state index is 0.533. The van der Waals surface area contributed by atoms with Crippen molar-refractivity contribution in [2.24, 2.45) is 11.7 Å². The van der Waals surface area contributed by atoms with Crippen LogP contribution >= 0.6 is 0 Å². The van der Waals surface area contributed by atoms with E-state index in [4.69, 9.17) is 48.4 Å². The van der Waals surface area contributed by atoms with E-state index < -0.39 is 0 Å². The zero-order valence-corrected chi connectivity index (χ0v) is 21.8. The molecule has 1 rings (SSSR count). The lowest BCUT2D eigenvalue weighted by Gasteiger charge is -2.10. The van der Waals surface area contributed by atoms with Gasteiger partial charge < -0.3 is 48.4 Å². The highest BCUT2D eigenvalue weighted by molar-refractivity contribution is 4.66. The molecule has 210 valence electrons. The van der Waals surface area contributed by atoms with Crippen LogP contribution in [0.15, 0.2) is 0 Å². The predicted molar refractivity (Wildman–Crippen MR) is 133 cm³/mol. The van der Waals surface area contributed by atoms with Crippen molar-refractivity contribution in [3.63, 3.8) is 0 Å². The van der Waals surface area contributed by atoms with Crippen LogP contribution in [0, 0.1) is 5.92 Å². The molecule has 0 aromatic heterocycles. The summed E-state index contributed by atoms with van der Waals surface area (Å²) in [6, 6.07) is 0. The van der Waals surface area contributed by atoms with E-state index in [1.807, 2.05) is 0 Å². The van der Waals surface area contributed by atoms with Gasteiger partial charge in [-0.05, 0) is 12.3 Å². The van der Waals surface area contributed by atoms with E-state index in [2.05, 4.69) is 0 Å². The van der Waals surface area contributed by atoms with Gasteiger partial charge in [-0.15, -0.1) is 0 Å². The highest BCUT2D eigenvalue weighted by Crippen LogP contribution is 2.27. The van der Waals surface area contributed by atoms with Gasteiger partial charge in [-0.1, -0.05) is 25.7 Å². The van der Waals surface area contributed by atoms with Crippen molar-refractivity contribution < 1.29 is 42.6 Å². The molecule has 0 bridgehead atoms. The third-order valence-corrected chi connectivity index (χ3v) is 5.38. The molecule has 0 atom stereocenters. The molecule has 0 amide bonds. The zero-order chi connectivity index (χ0) is 24.9. The summed E-state index contributed by atoms with van der Waals surface area (Å²) in [5.41, 5.74) is 5.32. The van der Waals surface area contributed by atoms with Crippen LogP contribution in [0.2, 0.25) is 0 Å². The van der Waals surface area contributed by atoms with E-state index in [-0.39, 0.29) is 0 Å². The van der Waals surface area contributed by atoms with Crippen LogP contribution in [0.5, 0.6) is 0 Å². The van der Waals surface area contributed by atoms with Gasteiger partial charge >= 0.3 is 0 Å². The van der Waals surface area contributed by atoms with Gasteiger partial charge in [0, 0.05) is 13.2 Å². The Balaban J connectivity index is 1.60. The summed E-state index contributed by atoms with van der Waals surface area (Å²) in [6.07, 6.45) is 6.75. The summed E-state index contributed by atoms with van der Waals surface area (Å²) in [5.74, 6) is 0.887. The van der Waals surface area contributed by atoms with Crippen molar-refractivity contribution in [3.8, 4) is 0 Å². The molecule has 0 heterocycles. The molecule has 1 aliphatic carbocycles. The van der Waals surface area contributed by atoms with Crippen molar-refractivity contribution in [2.45, 2.75) is 32.1 Å². The molecular weight excluding hydrogens is 458 g/mol. The fraction of sp³-hybridized carbons (Fsp3) is 1.00. The maximum absolute atomic E-state index is 5.63. The summed E-state index contributed by atoms with van der Waals surface area (Å²) in [5, 5.41) is 0. The minimum Gasteiger partial charge on any atom is -0.379 e. The molecule has 1 fully saturated rings. The molecule has 1 aliphatic rings. The van der Waals surface area contributed by atoms with E-state index in [0.717, 1.165) is 12.5 Å². The Kier molecular flexibility index (Phi) is 26.3.